The summed E-state index contributed by atoms with van der Waals surface area (Å²) in [4.78, 5) is 36.5. The van der Waals surface area contributed by atoms with Gasteiger partial charge < -0.3 is 19.5 Å². The van der Waals surface area contributed by atoms with Crippen molar-refractivity contribution in [1.29, 1.82) is 0 Å². The van der Waals surface area contributed by atoms with Crippen LogP contribution in [-0.2, 0) is 20.9 Å². The van der Waals surface area contributed by atoms with E-state index in [-0.39, 0.29) is 12.3 Å². The first-order valence-electron chi connectivity index (χ1n) is 8.98. The third-order valence-corrected chi connectivity index (χ3v) is 5.09. The normalized spacial score (nSPS) is 14.6. The molecule has 1 saturated heterocycles. The molecule has 0 bridgehead atoms. The monoisotopic (exact) mass is 464 g/mol. The highest BCUT2D eigenvalue weighted by Gasteiger charge is 2.35. The van der Waals surface area contributed by atoms with Gasteiger partial charge >= 0.3 is 12.0 Å². The predicted molar refractivity (Wildman–Crippen MR) is 114 cm³/mol. The molecule has 1 aliphatic heterocycles. The number of imide groups is 1. The number of halogens is 2. The Morgan fingerprint density at radius 3 is 2.52 bits per heavy atom. The highest BCUT2D eigenvalue weighted by atomic mass is 35.5. The average Bonchev–Trinajstić information content (AvgIpc) is 3.02. The van der Waals surface area contributed by atoms with Crippen LogP contribution in [0.1, 0.15) is 11.1 Å². The van der Waals surface area contributed by atoms with Gasteiger partial charge in [-0.15, -0.1) is 0 Å². The number of methoxy groups -OCH3 is 2. The largest absolute Gasteiger partial charge is 0.493 e. The number of carbonyl (C=O) groups excluding carboxylic acids is 3. The van der Waals surface area contributed by atoms with Gasteiger partial charge in [0.1, 0.15) is 18.8 Å². The fraction of sp³-hybridized carbons (Fsp3) is 0.190. The minimum absolute atomic E-state index is 0.0282. The lowest BCUT2D eigenvalue weighted by atomic mass is 10.1. The van der Waals surface area contributed by atoms with Crippen molar-refractivity contribution >= 4 is 47.2 Å². The molecule has 31 heavy (non-hydrogen) atoms. The van der Waals surface area contributed by atoms with Gasteiger partial charge in [0.05, 0.1) is 24.3 Å². The van der Waals surface area contributed by atoms with Gasteiger partial charge in [-0.1, -0.05) is 35.3 Å². The fourth-order valence-electron chi connectivity index (χ4n) is 2.76. The van der Waals surface area contributed by atoms with E-state index in [0.717, 1.165) is 10.5 Å². The van der Waals surface area contributed by atoms with E-state index in [1.807, 2.05) is 0 Å². The Balaban J connectivity index is 1.75. The number of ether oxygens (including phenoxy) is 3. The molecule has 1 heterocycles. The first-order valence-corrected chi connectivity index (χ1v) is 9.74. The van der Waals surface area contributed by atoms with Crippen molar-refractivity contribution in [3.8, 4) is 11.5 Å². The van der Waals surface area contributed by atoms with Crippen LogP contribution >= 0.6 is 23.2 Å². The van der Waals surface area contributed by atoms with Crippen LogP contribution < -0.4 is 14.8 Å². The topological polar surface area (TPSA) is 94.2 Å². The summed E-state index contributed by atoms with van der Waals surface area (Å²) >= 11 is 11.9. The molecule has 1 aliphatic rings. The van der Waals surface area contributed by atoms with E-state index in [1.165, 1.54) is 20.3 Å². The molecule has 0 atom stereocenters. The van der Waals surface area contributed by atoms with Gasteiger partial charge in [-0.3, -0.25) is 9.59 Å². The summed E-state index contributed by atoms with van der Waals surface area (Å²) in [5.41, 5.74) is 1.44. The Hall–Kier alpha value is -3.23. The molecule has 0 aromatic heterocycles. The van der Waals surface area contributed by atoms with Crippen LogP contribution in [0.5, 0.6) is 11.5 Å². The molecular weight excluding hydrogens is 447 g/mol. The second-order valence-electron chi connectivity index (χ2n) is 6.40. The number of amides is 3. The summed E-state index contributed by atoms with van der Waals surface area (Å²) in [5.74, 6) is -0.424. The van der Waals surface area contributed by atoms with Crippen LogP contribution in [0.3, 0.4) is 0 Å². The number of nitrogens with one attached hydrogen (secondary N) is 1. The van der Waals surface area contributed by atoms with Crippen molar-refractivity contribution in [2.45, 2.75) is 6.61 Å². The van der Waals surface area contributed by atoms with Crippen molar-refractivity contribution < 1.29 is 28.6 Å². The molecule has 3 amide bonds. The van der Waals surface area contributed by atoms with E-state index in [1.54, 1.807) is 36.4 Å². The molecule has 0 saturated carbocycles. The molecular formula is C21H18Cl2N2O6. The second kappa shape index (κ2) is 9.72. The molecule has 10 heteroatoms. The minimum atomic E-state index is -0.699. The summed E-state index contributed by atoms with van der Waals surface area (Å²) in [6, 6.07) is 9.52. The molecule has 2 aromatic rings. The van der Waals surface area contributed by atoms with E-state index in [9.17, 15) is 14.4 Å². The van der Waals surface area contributed by atoms with Crippen LogP contribution in [-0.4, -0.2) is 43.6 Å². The quantitative estimate of drug-likeness (QED) is 0.381. The maximum Gasteiger partial charge on any atom is 0.329 e. The van der Waals surface area contributed by atoms with E-state index in [0.29, 0.717) is 27.1 Å². The summed E-state index contributed by atoms with van der Waals surface area (Å²) in [6.07, 6.45) is 1.47. The Bertz CT molecular complexity index is 1070. The van der Waals surface area contributed by atoms with Crippen molar-refractivity contribution in [3.05, 3.63) is 63.3 Å². The lowest BCUT2D eigenvalue weighted by Crippen LogP contribution is -2.36. The van der Waals surface area contributed by atoms with Crippen molar-refractivity contribution in [2.75, 3.05) is 20.8 Å². The zero-order valence-corrected chi connectivity index (χ0v) is 18.1. The van der Waals surface area contributed by atoms with Gasteiger partial charge in [0.15, 0.2) is 11.5 Å². The third kappa shape index (κ3) is 5.28. The number of nitrogens with zero attached hydrogens (tertiary/aromatic N) is 1. The molecule has 0 aliphatic carbocycles. The van der Waals surface area contributed by atoms with E-state index in [2.05, 4.69) is 10.1 Å². The molecule has 162 valence electrons. The first kappa shape index (κ1) is 22.5. The fourth-order valence-corrected chi connectivity index (χ4v) is 3.08. The smallest absolute Gasteiger partial charge is 0.329 e. The number of carbonyl (C=O) groups is 3. The molecule has 3 rings (SSSR count). The van der Waals surface area contributed by atoms with Gasteiger partial charge in [0, 0.05) is 0 Å². The van der Waals surface area contributed by atoms with Gasteiger partial charge in [0.2, 0.25) is 0 Å². The van der Waals surface area contributed by atoms with Crippen LogP contribution in [0, 0.1) is 0 Å². The lowest BCUT2D eigenvalue weighted by Gasteiger charge is -2.12. The van der Waals surface area contributed by atoms with Gasteiger partial charge in [-0.2, -0.15) is 0 Å². The van der Waals surface area contributed by atoms with Crippen molar-refractivity contribution in [2.24, 2.45) is 0 Å². The number of esters is 1. The molecule has 1 N–H and O–H groups in total. The molecule has 0 unspecified atom stereocenters. The SMILES string of the molecule is COC(=O)CN1C(=O)N/C(=C/c2ccc(OCc3ccc(Cl)c(Cl)c3)c(OC)c2)C1=O. The van der Waals surface area contributed by atoms with Crippen molar-refractivity contribution in [3.63, 3.8) is 0 Å². The zero-order chi connectivity index (χ0) is 22.5. The van der Waals surface area contributed by atoms with Gasteiger partial charge in [-0.25, -0.2) is 9.69 Å². The number of hydrogen-bond acceptors (Lipinski definition) is 6. The van der Waals surface area contributed by atoms with Crippen molar-refractivity contribution in [1.82, 2.24) is 10.2 Å². The lowest BCUT2D eigenvalue weighted by molar-refractivity contribution is -0.143. The molecule has 8 nitrogen and oxygen atoms in total. The van der Waals surface area contributed by atoms with E-state index < -0.39 is 24.5 Å². The summed E-state index contributed by atoms with van der Waals surface area (Å²) in [5, 5.41) is 3.32. The van der Waals surface area contributed by atoms with Crippen LogP contribution in [0.15, 0.2) is 42.1 Å². The number of hydrogen-bond donors (Lipinski definition) is 1. The maximum atomic E-state index is 12.4. The summed E-state index contributed by atoms with van der Waals surface area (Å²) in [7, 11) is 2.66. The second-order valence-corrected chi connectivity index (χ2v) is 7.22. The zero-order valence-electron chi connectivity index (χ0n) is 16.6. The Morgan fingerprint density at radius 2 is 1.84 bits per heavy atom. The Kier molecular flexibility index (Phi) is 7.04. The average molecular weight is 465 g/mol. The molecule has 2 aromatic carbocycles. The van der Waals surface area contributed by atoms with Gasteiger partial charge in [-0.05, 0) is 41.5 Å². The number of urea groups is 1. The third-order valence-electron chi connectivity index (χ3n) is 4.35. The Labute approximate surface area is 188 Å². The summed E-state index contributed by atoms with van der Waals surface area (Å²) in [6.45, 7) is -0.228. The highest BCUT2D eigenvalue weighted by Crippen LogP contribution is 2.31. The maximum absolute atomic E-state index is 12.4. The molecule has 0 spiro atoms. The Morgan fingerprint density at radius 1 is 1.06 bits per heavy atom. The first-order chi connectivity index (χ1) is 14.8. The molecule has 0 radical (unpaired) electrons. The van der Waals surface area contributed by atoms with Gasteiger partial charge in [0.25, 0.3) is 5.91 Å². The predicted octanol–water partition coefficient (Wildman–Crippen LogP) is 3.65. The van der Waals surface area contributed by atoms with Crippen LogP contribution in [0.2, 0.25) is 10.0 Å². The minimum Gasteiger partial charge on any atom is -0.493 e. The standard InChI is InChI=1S/C21H18Cl2N2O6/c1-29-18-9-12(8-16-20(27)25(21(28)24-16)10-19(26)30-2)4-6-17(18)31-11-13-3-5-14(22)15(23)7-13/h3-9H,10-11H2,1-2H3,(H,24,28)/b16-8+. The van der Waals surface area contributed by atoms with E-state index in [4.69, 9.17) is 32.7 Å². The summed E-state index contributed by atoms with van der Waals surface area (Å²) < 4.78 is 15.7. The van der Waals surface area contributed by atoms with E-state index >= 15 is 0 Å². The molecule has 1 fully saturated rings. The van der Waals surface area contributed by atoms with Crippen LogP contribution in [0.4, 0.5) is 4.79 Å². The van der Waals surface area contributed by atoms with Crippen LogP contribution in [0.25, 0.3) is 6.08 Å². The highest BCUT2D eigenvalue weighted by molar-refractivity contribution is 6.42. The number of benzene rings is 2. The number of rotatable bonds is 7.